The number of nitrogens with zero attached hydrogens (tertiary/aromatic N) is 1. The van der Waals surface area contributed by atoms with Crippen molar-refractivity contribution < 1.29 is 17.9 Å². The molecule has 5 nitrogen and oxygen atoms in total. The molecule has 0 atom stereocenters. The van der Waals surface area contributed by atoms with E-state index in [1.54, 1.807) is 13.0 Å². The molecule has 0 saturated heterocycles. The number of esters is 1. The first-order valence-electron chi connectivity index (χ1n) is 7.03. The van der Waals surface area contributed by atoms with Gasteiger partial charge in [0.25, 0.3) is 9.05 Å². The van der Waals surface area contributed by atoms with Gasteiger partial charge in [-0.15, -0.1) is 0 Å². The summed E-state index contributed by atoms with van der Waals surface area (Å²) in [5, 5.41) is 1.58. The topological polar surface area (TPSA) is 65.4 Å². The average molecular weight is 352 g/mol. The molecule has 1 aromatic heterocycles. The van der Waals surface area contributed by atoms with Crippen molar-refractivity contribution in [3.8, 4) is 0 Å². The van der Waals surface area contributed by atoms with Gasteiger partial charge in [-0.25, -0.2) is 8.42 Å². The second kappa shape index (κ2) is 5.86. The van der Waals surface area contributed by atoms with Gasteiger partial charge in [-0.3, -0.25) is 4.79 Å². The third-order valence-corrected chi connectivity index (χ3v) is 4.97. The first-order chi connectivity index (χ1) is 10.9. The Morgan fingerprint density at radius 1 is 1.13 bits per heavy atom. The lowest BCUT2D eigenvalue weighted by Gasteiger charge is -2.07. The van der Waals surface area contributed by atoms with Crippen molar-refractivity contribution in [2.24, 2.45) is 0 Å². The summed E-state index contributed by atoms with van der Waals surface area (Å²) in [5.41, 5.74) is 1.59. The smallest absolute Gasteiger partial charge is 0.325 e. The fourth-order valence-corrected chi connectivity index (χ4v) is 3.47. The van der Waals surface area contributed by atoms with Crippen molar-refractivity contribution >= 4 is 47.5 Å². The summed E-state index contributed by atoms with van der Waals surface area (Å²) in [6.45, 7) is 2.12. The number of hydrogen-bond donors (Lipinski definition) is 0. The molecule has 0 amide bonds. The van der Waals surface area contributed by atoms with Gasteiger partial charge in [-0.05, 0) is 31.2 Å². The van der Waals surface area contributed by atoms with E-state index in [-0.39, 0.29) is 17.4 Å². The zero-order valence-electron chi connectivity index (χ0n) is 12.3. The minimum atomic E-state index is -3.81. The lowest BCUT2D eigenvalue weighted by molar-refractivity contribution is -0.143. The summed E-state index contributed by atoms with van der Waals surface area (Å²) in [6.07, 6.45) is 0. The van der Waals surface area contributed by atoms with Crippen molar-refractivity contribution in [1.82, 2.24) is 4.57 Å². The molecule has 0 bridgehead atoms. The summed E-state index contributed by atoms with van der Waals surface area (Å²) in [6, 6.07) is 12.1. The van der Waals surface area contributed by atoms with E-state index in [2.05, 4.69) is 0 Å². The number of halogens is 1. The Labute approximate surface area is 137 Å². The van der Waals surface area contributed by atoms with Gasteiger partial charge in [-0.2, -0.15) is 0 Å². The van der Waals surface area contributed by atoms with Gasteiger partial charge < -0.3 is 9.30 Å². The Balaban J connectivity index is 2.28. The van der Waals surface area contributed by atoms with E-state index in [9.17, 15) is 13.2 Å². The summed E-state index contributed by atoms with van der Waals surface area (Å²) in [5.74, 6) is -0.343. The fourth-order valence-electron chi connectivity index (χ4n) is 2.69. The maximum absolute atomic E-state index is 11.9. The van der Waals surface area contributed by atoms with Crippen LogP contribution in [-0.2, 0) is 25.1 Å². The van der Waals surface area contributed by atoms with Crippen molar-refractivity contribution in [2.75, 3.05) is 6.61 Å². The number of hydrogen-bond acceptors (Lipinski definition) is 4. The summed E-state index contributed by atoms with van der Waals surface area (Å²) >= 11 is 0. The Morgan fingerprint density at radius 2 is 1.83 bits per heavy atom. The number of fused-ring (bicyclic) bond motifs is 3. The molecule has 0 radical (unpaired) electrons. The molecule has 0 aliphatic heterocycles. The number of para-hydroxylation sites is 1. The molecule has 0 saturated carbocycles. The van der Waals surface area contributed by atoms with E-state index in [1.807, 2.05) is 28.8 Å². The zero-order chi connectivity index (χ0) is 16.6. The van der Waals surface area contributed by atoms with Crippen LogP contribution >= 0.6 is 10.7 Å². The largest absolute Gasteiger partial charge is 0.465 e. The summed E-state index contributed by atoms with van der Waals surface area (Å²) in [4.78, 5) is 11.9. The van der Waals surface area contributed by atoms with Crippen LogP contribution in [0.1, 0.15) is 6.92 Å². The number of carbonyl (C=O) groups excluding carboxylic acids is 1. The van der Waals surface area contributed by atoms with E-state index in [1.165, 1.54) is 12.1 Å². The standard InChI is InChI=1S/C16H14ClNO4S/c1-2-22-16(19)10-18-14-6-4-3-5-12(14)13-9-11(23(17,20)21)7-8-15(13)18/h3-9H,2,10H2,1H3. The van der Waals surface area contributed by atoms with Gasteiger partial charge in [0.1, 0.15) is 6.54 Å². The molecule has 2 aromatic carbocycles. The Kier molecular flexibility index (Phi) is 4.04. The first-order valence-corrected chi connectivity index (χ1v) is 9.34. The van der Waals surface area contributed by atoms with Crippen molar-refractivity contribution in [2.45, 2.75) is 18.4 Å². The molecular weight excluding hydrogens is 338 g/mol. The van der Waals surface area contributed by atoms with Crippen LogP contribution in [0.3, 0.4) is 0 Å². The molecule has 0 aliphatic carbocycles. The first kappa shape index (κ1) is 15.8. The molecule has 3 rings (SSSR count). The van der Waals surface area contributed by atoms with Crippen LogP contribution in [0.15, 0.2) is 47.4 Å². The molecule has 0 aliphatic rings. The number of aromatic nitrogens is 1. The second-order valence-corrected chi connectivity index (χ2v) is 7.59. The normalized spacial score (nSPS) is 11.9. The molecule has 0 unspecified atom stereocenters. The third-order valence-electron chi connectivity index (χ3n) is 3.62. The van der Waals surface area contributed by atoms with Crippen LogP contribution in [0.5, 0.6) is 0 Å². The molecule has 1 heterocycles. The van der Waals surface area contributed by atoms with Gasteiger partial charge in [0, 0.05) is 32.5 Å². The minimum Gasteiger partial charge on any atom is -0.465 e. The van der Waals surface area contributed by atoms with E-state index < -0.39 is 9.05 Å². The predicted octanol–water partition coefficient (Wildman–Crippen LogP) is 3.29. The molecular formula is C16H14ClNO4S. The van der Waals surface area contributed by atoms with Crippen molar-refractivity contribution in [1.29, 1.82) is 0 Å². The van der Waals surface area contributed by atoms with Gasteiger partial charge in [-0.1, -0.05) is 18.2 Å². The Morgan fingerprint density at radius 3 is 2.52 bits per heavy atom. The molecule has 7 heteroatoms. The van der Waals surface area contributed by atoms with Crippen molar-refractivity contribution in [3.05, 3.63) is 42.5 Å². The summed E-state index contributed by atoms with van der Waals surface area (Å²) in [7, 11) is 1.62. The van der Waals surface area contributed by atoms with E-state index in [0.29, 0.717) is 6.61 Å². The predicted molar refractivity (Wildman–Crippen MR) is 89.1 cm³/mol. The zero-order valence-corrected chi connectivity index (χ0v) is 13.9. The van der Waals surface area contributed by atoms with Crippen LogP contribution in [0, 0.1) is 0 Å². The SMILES string of the molecule is CCOC(=O)Cn1c2ccccc2c2cc(S(=O)(=O)Cl)ccc21. The van der Waals surface area contributed by atoms with Crippen LogP contribution < -0.4 is 0 Å². The highest BCUT2D eigenvalue weighted by molar-refractivity contribution is 8.13. The maximum atomic E-state index is 11.9. The van der Waals surface area contributed by atoms with Crippen molar-refractivity contribution in [3.63, 3.8) is 0 Å². The lowest BCUT2D eigenvalue weighted by Crippen LogP contribution is -2.13. The molecule has 120 valence electrons. The Hall–Kier alpha value is -2.05. The molecule has 0 fully saturated rings. The molecule has 23 heavy (non-hydrogen) atoms. The number of rotatable bonds is 4. The van der Waals surface area contributed by atoms with E-state index in [4.69, 9.17) is 15.4 Å². The number of benzene rings is 2. The lowest BCUT2D eigenvalue weighted by atomic mass is 10.1. The van der Waals surface area contributed by atoms with Gasteiger partial charge in [0.05, 0.1) is 11.5 Å². The highest BCUT2D eigenvalue weighted by atomic mass is 35.7. The molecule has 3 aromatic rings. The second-order valence-electron chi connectivity index (χ2n) is 5.03. The Bertz CT molecular complexity index is 1010. The summed E-state index contributed by atoms with van der Waals surface area (Å²) < 4.78 is 30.0. The monoisotopic (exact) mass is 351 g/mol. The molecule has 0 spiro atoms. The minimum absolute atomic E-state index is 0.0331. The van der Waals surface area contributed by atoms with E-state index >= 15 is 0 Å². The third kappa shape index (κ3) is 2.92. The van der Waals surface area contributed by atoms with Gasteiger partial charge in [0.15, 0.2) is 0 Å². The number of ether oxygens (including phenoxy) is 1. The van der Waals surface area contributed by atoms with Crippen LogP contribution in [0.25, 0.3) is 21.8 Å². The average Bonchev–Trinajstić information content (AvgIpc) is 2.81. The van der Waals surface area contributed by atoms with Crippen LogP contribution in [0.4, 0.5) is 0 Å². The van der Waals surface area contributed by atoms with E-state index in [0.717, 1.165) is 21.8 Å². The van der Waals surface area contributed by atoms with Gasteiger partial charge >= 0.3 is 5.97 Å². The fraction of sp³-hybridized carbons (Fsp3) is 0.188. The quantitative estimate of drug-likeness (QED) is 0.534. The van der Waals surface area contributed by atoms with Crippen LogP contribution in [-0.4, -0.2) is 25.6 Å². The maximum Gasteiger partial charge on any atom is 0.325 e. The molecule has 0 N–H and O–H groups in total. The van der Waals surface area contributed by atoms with Gasteiger partial charge in [0.2, 0.25) is 0 Å². The highest BCUT2D eigenvalue weighted by Gasteiger charge is 2.17. The highest BCUT2D eigenvalue weighted by Crippen LogP contribution is 2.31. The number of carbonyl (C=O) groups is 1. The van der Waals surface area contributed by atoms with Crippen LogP contribution in [0.2, 0.25) is 0 Å².